The van der Waals surface area contributed by atoms with Crippen molar-refractivity contribution in [3.8, 4) is 11.4 Å². The van der Waals surface area contributed by atoms with E-state index in [0.717, 1.165) is 39.4 Å². The molecule has 0 fully saturated rings. The molecule has 0 aliphatic carbocycles. The van der Waals surface area contributed by atoms with E-state index in [1.807, 2.05) is 72.2 Å². The van der Waals surface area contributed by atoms with E-state index in [1.165, 1.54) is 11.8 Å². The highest BCUT2D eigenvalue weighted by atomic mass is 35.5. The van der Waals surface area contributed by atoms with Gasteiger partial charge in [0.2, 0.25) is 5.91 Å². The number of carbonyl (C=O) groups excluding carboxylic acids is 1. The summed E-state index contributed by atoms with van der Waals surface area (Å²) < 4.78 is 7.44. The van der Waals surface area contributed by atoms with Gasteiger partial charge in [0.1, 0.15) is 5.75 Å². The lowest BCUT2D eigenvalue weighted by molar-refractivity contribution is -0.115. The third-order valence-corrected chi connectivity index (χ3v) is 6.46. The summed E-state index contributed by atoms with van der Waals surface area (Å²) in [7, 11) is 1.64. The largest absolute Gasteiger partial charge is 0.495 e. The minimum absolute atomic E-state index is 0.0771. The highest BCUT2D eigenvalue weighted by molar-refractivity contribution is 7.99. The SMILES string of the molecule is COc1ccccc1NCc1nnc(SCCC(=O)Nc2cc(Cl)ccc2C)n1-c1ccccc1. The second kappa shape index (κ2) is 11.8. The molecule has 0 spiro atoms. The van der Waals surface area contributed by atoms with Crippen molar-refractivity contribution in [1.82, 2.24) is 14.8 Å². The maximum Gasteiger partial charge on any atom is 0.225 e. The fourth-order valence-corrected chi connectivity index (χ4v) is 4.57. The zero-order valence-corrected chi connectivity index (χ0v) is 21.1. The maximum absolute atomic E-state index is 12.5. The van der Waals surface area contributed by atoms with E-state index in [0.29, 0.717) is 23.7 Å². The van der Waals surface area contributed by atoms with Gasteiger partial charge in [0, 0.05) is 28.6 Å². The molecule has 4 aromatic rings. The molecule has 35 heavy (non-hydrogen) atoms. The first-order chi connectivity index (χ1) is 17.0. The Balaban J connectivity index is 1.45. The molecule has 0 aliphatic rings. The number of aromatic nitrogens is 3. The molecule has 3 aromatic carbocycles. The Morgan fingerprint density at radius 2 is 1.80 bits per heavy atom. The number of hydrogen-bond acceptors (Lipinski definition) is 6. The minimum atomic E-state index is -0.0771. The smallest absolute Gasteiger partial charge is 0.225 e. The molecule has 1 aromatic heterocycles. The van der Waals surface area contributed by atoms with Crippen LogP contribution in [0.25, 0.3) is 5.69 Å². The summed E-state index contributed by atoms with van der Waals surface area (Å²) in [6.45, 7) is 2.39. The number of nitrogens with zero attached hydrogens (tertiary/aromatic N) is 3. The van der Waals surface area contributed by atoms with Crippen LogP contribution in [0.2, 0.25) is 5.02 Å². The van der Waals surface area contributed by atoms with Gasteiger partial charge in [0.15, 0.2) is 11.0 Å². The Morgan fingerprint density at radius 3 is 2.60 bits per heavy atom. The molecule has 1 amide bonds. The Morgan fingerprint density at radius 1 is 1.03 bits per heavy atom. The lowest BCUT2D eigenvalue weighted by atomic mass is 10.2. The number of aryl methyl sites for hydroxylation is 1. The summed E-state index contributed by atoms with van der Waals surface area (Å²) in [4.78, 5) is 12.5. The van der Waals surface area contributed by atoms with E-state index >= 15 is 0 Å². The minimum Gasteiger partial charge on any atom is -0.495 e. The first-order valence-electron chi connectivity index (χ1n) is 11.1. The standard InChI is InChI=1S/C26H26ClN5O2S/c1-18-12-13-19(27)16-22(18)29-25(33)14-15-35-26-31-30-24(32(26)20-8-4-3-5-9-20)17-28-21-10-6-7-11-23(21)34-2/h3-13,16,28H,14-15,17H2,1-2H3,(H,29,33). The normalized spacial score (nSPS) is 10.7. The van der Waals surface area contributed by atoms with Gasteiger partial charge in [0.05, 0.1) is 19.3 Å². The summed E-state index contributed by atoms with van der Waals surface area (Å²) in [5, 5.41) is 16.5. The van der Waals surface area contributed by atoms with Gasteiger partial charge in [-0.15, -0.1) is 10.2 Å². The van der Waals surface area contributed by atoms with Gasteiger partial charge < -0.3 is 15.4 Å². The molecule has 2 N–H and O–H groups in total. The Bertz CT molecular complexity index is 1300. The number of benzene rings is 3. The van der Waals surface area contributed by atoms with Gasteiger partial charge in [-0.25, -0.2) is 0 Å². The molecule has 0 saturated heterocycles. The lowest BCUT2D eigenvalue weighted by Gasteiger charge is -2.13. The summed E-state index contributed by atoms with van der Waals surface area (Å²) in [5.74, 6) is 1.99. The Hall–Kier alpha value is -3.49. The van der Waals surface area contributed by atoms with Crippen LogP contribution in [0.4, 0.5) is 11.4 Å². The second-order valence-electron chi connectivity index (χ2n) is 7.73. The van der Waals surface area contributed by atoms with Gasteiger partial charge in [-0.3, -0.25) is 9.36 Å². The van der Waals surface area contributed by atoms with E-state index in [4.69, 9.17) is 16.3 Å². The number of ether oxygens (including phenoxy) is 1. The van der Waals surface area contributed by atoms with Crippen molar-refractivity contribution >= 4 is 40.6 Å². The number of thioether (sulfide) groups is 1. The predicted molar refractivity (Wildman–Crippen MR) is 142 cm³/mol. The fraction of sp³-hybridized carbons (Fsp3) is 0.192. The van der Waals surface area contributed by atoms with Crippen molar-refractivity contribution in [2.45, 2.75) is 25.0 Å². The van der Waals surface area contributed by atoms with Gasteiger partial charge in [-0.2, -0.15) is 0 Å². The van der Waals surface area contributed by atoms with Crippen molar-refractivity contribution < 1.29 is 9.53 Å². The van der Waals surface area contributed by atoms with Crippen LogP contribution < -0.4 is 15.4 Å². The Kier molecular flexibility index (Phi) is 8.28. The van der Waals surface area contributed by atoms with E-state index < -0.39 is 0 Å². The van der Waals surface area contributed by atoms with E-state index in [1.54, 1.807) is 19.2 Å². The van der Waals surface area contributed by atoms with Crippen LogP contribution in [0.15, 0.2) is 78.0 Å². The highest BCUT2D eigenvalue weighted by Gasteiger charge is 2.16. The third-order valence-electron chi connectivity index (χ3n) is 5.29. The van der Waals surface area contributed by atoms with Crippen molar-refractivity contribution in [3.05, 3.63) is 89.2 Å². The first kappa shape index (κ1) is 24.6. The number of methoxy groups -OCH3 is 1. The molecule has 180 valence electrons. The monoisotopic (exact) mass is 507 g/mol. The van der Waals surface area contributed by atoms with Crippen molar-refractivity contribution in [3.63, 3.8) is 0 Å². The van der Waals surface area contributed by atoms with Gasteiger partial charge in [-0.1, -0.05) is 59.8 Å². The van der Waals surface area contributed by atoms with Crippen molar-refractivity contribution in [1.29, 1.82) is 0 Å². The molecule has 0 radical (unpaired) electrons. The number of amides is 1. The number of para-hydroxylation sites is 3. The molecular formula is C26H26ClN5O2S. The van der Waals surface area contributed by atoms with E-state index in [2.05, 4.69) is 20.8 Å². The molecule has 7 nitrogen and oxygen atoms in total. The molecule has 0 bridgehead atoms. The number of nitrogens with one attached hydrogen (secondary N) is 2. The molecule has 4 rings (SSSR count). The molecule has 0 saturated carbocycles. The number of carbonyl (C=O) groups is 1. The average molecular weight is 508 g/mol. The highest BCUT2D eigenvalue weighted by Crippen LogP contribution is 2.26. The van der Waals surface area contributed by atoms with Gasteiger partial charge in [0.25, 0.3) is 0 Å². The van der Waals surface area contributed by atoms with Crippen LogP contribution in [0.3, 0.4) is 0 Å². The lowest BCUT2D eigenvalue weighted by Crippen LogP contribution is -2.13. The second-order valence-corrected chi connectivity index (χ2v) is 9.23. The number of rotatable bonds is 10. The zero-order chi connectivity index (χ0) is 24.6. The number of halogens is 1. The van der Waals surface area contributed by atoms with Crippen LogP contribution in [0.5, 0.6) is 5.75 Å². The predicted octanol–water partition coefficient (Wildman–Crippen LogP) is 5.97. The van der Waals surface area contributed by atoms with Crippen LogP contribution in [-0.2, 0) is 11.3 Å². The summed E-state index contributed by atoms with van der Waals surface area (Å²) >= 11 is 7.55. The summed E-state index contributed by atoms with van der Waals surface area (Å²) in [5.41, 5.74) is 3.52. The van der Waals surface area contributed by atoms with Crippen LogP contribution in [0, 0.1) is 6.92 Å². The van der Waals surface area contributed by atoms with Crippen molar-refractivity contribution in [2.24, 2.45) is 0 Å². The topological polar surface area (TPSA) is 81.1 Å². The molecule has 0 aliphatic heterocycles. The number of anilines is 2. The molecule has 1 heterocycles. The first-order valence-corrected chi connectivity index (χ1v) is 12.5. The molecule has 0 unspecified atom stereocenters. The molecular weight excluding hydrogens is 482 g/mol. The summed E-state index contributed by atoms with van der Waals surface area (Å²) in [6, 6.07) is 23.1. The van der Waals surface area contributed by atoms with Crippen LogP contribution in [0.1, 0.15) is 17.8 Å². The van der Waals surface area contributed by atoms with Crippen LogP contribution >= 0.6 is 23.4 Å². The Labute approximate surface area is 213 Å². The zero-order valence-electron chi connectivity index (χ0n) is 19.5. The quantitative estimate of drug-likeness (QED) is 0.257. The van der Waals surface area contributed by atoms with E-state index in [-0.39, 0.29) is 5.91 Å². The van der Waals surface area contributed by atoms with Crippen LogP contribution in [-0.4, -0.2) is 33.5 Å². The van der Waals surface area contributed by atoms with Crippen molar-refractivity contribution in [2.75, 3.05) is 23.5 Å². The molecule has 0 atom stereocenters. The average Bonchev–Trinajstić information content (AvgIpc) is 3.28. The maximum atomic E-state index is 12.5. The van der Waals surface area contributed by atoms with Gasteiger partial charge in [-0.05, 0) is 48.9 Å². The summed E-state index contributed by atoms with van der Waals surface area (Å²) in [6.07, 6.45) is 0.326. The third kappa shape index (κ3) is 6.35. The van der Waals surface area contributed by atoms with Gasteiger partial charge >= 0.3 is 0 Å². The molecule has 9 heteroatoms. The fourth-order valence-electron chi connectivity index (χ4n) is 3.49. The number of hydrogen-bond donors (Lipinski definition) is 2. The van der Waals surface area contributed by atoms with E-state index in [9.17, 15) is 4.79 Å².